The monoisotopic (exact) mass is 351 g/mol. The summed E-state index contributed by atoms with van der Waals surface area (Å²) < 4.78 is 4.95. The summed E-state index contributed by atoms with van der Waals surface area (Å²) in [6.07, 6.45) is 3.81. The van der Waals surface area contributed by atoms with Crippen molar-refractivity contribution in [3.8, 4) is 0 Å². The number of nitrogens with zero attached hydrogens (tertiary/aromatic N) is 2. The number of amides is 3. The molecule has 1 aromatic carbocycles. The Balaban J connectivity index is 1.61. The van der Waals surface area contributed by atoms with Crippen molar-refractivity contribution in [1.29, 1.82) is 0 Å². The van der Waals surface area contributed by atoms with Gasteiger partial charge in [0.25, 0.3) is 17.7 Å². The Morgan fingerprint density at radius 3 is 2.50 bits per heavy atom. The van der Waals surface area contributed by atoms with Crippen LogP contribution in [0.3, 0.4) is 0 Å². The van der Waals surface area contributed by atoms with Crippen LogP contribution in [0.4, 0.5) is 11.5 Å². The van der Waals surface area contributed by atoms with Crippen molar-refractivity contribution < 1.29 is 23.9 Å². The van der Waals surface area contributed by atoms with Crippen LogP contribution >= 0.6 is 0 Å². The van der Waals surface area contributed by atoms with Crippen LogP contribution < -0.4 is 10.2 Å². The molecule has 0 saturated heterocycles. The molecule has 0 bridgehead atoms. The maximum atomic E-state index is 12.1. The minimum absolute atomic E-state index is 0.112. The Labute approximate surface area is 148 Å². The fraction of sp³-hybridized carbons (Fsp3) is 0.0556. The van der Waals surface area contributed by atoms with Crippen LogP contribution in [-0.2, 0) is 19.1 Å². The maximum Gasteiger partial charge on any atom is 0.338 e. The lowest BCUT2D eigenvalue weighted by Gasteiger charge is -2.14. The number of pyridine rings is 1. The molecule has 0 saturated carbocycles. The summed E-state index contributed by atoms with van der Waals surface area (Å²) in [6.45, 7) is -0.497. The molecule has 130 valence electrons. The fourth-order valence-corrected chi connectivity index (χ4v) is 2.26. The first-order valence-corrected chi connectivity index (χ1v) is 7.59. The molecule has 8 nitrogen and oxygen atoms in total. The highest BCUT2D eigenvalue weighted by atomic mass is 16.5. The number of carbonyl (C=O) groups excluding carboxylic acids is 4. The molecule has 3 rings (SSSR count). The number of esters is 1. The van der Waals surface area contributed by atoms with Crippen LogP contribution in [0.2, 0.25) is 0 Å². The van der Waals surface area contributed by atoms with Gasteiger partial charge in [-0.05, 0) is 30.3 Å². The Kier molecular flexibility index (Phi) is 4.84. The number of anilines is 2. The van der Waals surface area contributed by atoms with Gasteiger partial charge in [0.15, 0.2) is 6.61 Å². The van der Waals surface area contributed by atoms with Gasteiger partial charge in [0.1, 0.15) is 5.82 Å². The molecule has 1 aliphatic heterocycles. The summed E-state index contributed by atoms with van der Waals surface area (Å²) in [5.41, 5.74) is 0.359. The van der Waals surface area contributed by atoms with Crippen LogP contribution in [0.1, 0.15) is 10.4 Å². The quantitative estimate of drug-likeness (QED) is 0.643. The van der Waals surface area contributed by atoms with E-state index in [0.717, 1.165) is 17.1 Å². The summed E-state index contributed by atoms with van der Waals surface area (Å²) in [6, 6.07) is 10.8. The number of nitrogens with one attached hydrogen (secondary N) is 1. The third kappa shape index (κ3) is 3.81. The van der Waals surface area contributed by atoms with Gasteiger partial charge in [-0.25, -0.2) is 14.7 Å². The van der Waals surface area contributed by atoms with Crippen molar-refractivity contribution in [3.63, 3.8) is 0 Å². The lowest BCUT2D eigenvalue weighted by atomic mass is 10.2. The molecule has 0 fully saturated rings. The molecule has 2 heterocycles. The normalized spacial score (nSPS) is 13.0. The molecular weight excluding hydrogens is 338 g/mol. The molecule has 0 radical (unpaired) electrons. The van der Waals surface area contributed by atoms with E-state index in [1.165, 1.54) is 30.5 Å². The van der Waals surface area contributed by atoms with Gasteiger partial charge in [0, 0.05) is 18.3 Å². The number of carbonyl (C=O) groups is 4. The van der Waals surface area contributed by atoms with E-state index in [4.69, 9.17) is 4.74 Å². The third-order valence-corrected chi connectivity index (χ3v) is 3.42. The minimum Gasteiger partial charge on any atom is -0.452 e. The van der Waals surface area contributed by atoms with Crippen molar-refractivity contribution in [2.24, 2.45) is 0 Å². The van der Waals surface area contributed by atoms with E-state index >= 15 is 0 Å². The Morgan fingerprint density at radius 1 is 1.04 bits per heavy atom. The molecule has 26 heavy (non-hydrogen) atoms. The standard InChI is InChI=1S/C18H13N3O5/c22-15(20-14-6-1-2-9-19-14)11-26-18(25)12-4-3-5-13(10-12)21-16(23)7-8-17(21)24/h1-10H,11H2,(H,19,20,22). The van der Waals surface area contributed by atoms with E-state index in [-0.39, 0.29) is 11.3 Å². The highest BCUT2D eigenvalue weighted by Gasteiger charge is 2.25. The molecule has 3 amide bonds. The van der Waals surface area contributed by atoms with Gasteiger partial charge < -0.3 is 10.1 Å². The molecule has 1 N–H and O–H groups in total. The van der Waals surface area contributed by atoms with E-state index in [1.54, 1.807) is 18.2 Å². The topological polar surface area (TPSA) is 106 Å². The predicted molar refractivity (Wildman–Crippen MR) is 91.2 cm³/mol. The number of rotatable bonds is 5. The lowest BCUT2D eigenvalue weighted by molar-refractivity contribution is -0.120. The Morgan fingerprint density at radius 2 is 1.81 bits per heavy atom. The minimum atomic E-state index is -0.755. The molecule has 1 aromatic heterocycles. The largest absolute Gasteiger partial charge is 0.452 e. The lowest BCUT2D eigenvalue weighted by Crippen LogP contribution is -2.29. The number of benzene rings is 1. The van der Waals surface area contributed by atoms with Gasteiger partial charge in [0.05, 0.1) is 11.3 Å². The van der Waals surface area contributed by atoms with Gasteiger partial charge in [-0.3, -0.25) is 14.4 Å². The Bertz CT molecular complexity index is 890. The maximum absolute atomic E-state index is 12.1. The summed E-state index contributed by atoms with van der Waals surface area (Å²) in [5, 5.41) is 2.48. The second kappa shape index (κ2) is 7.39. The van der Waals surface area contributed by atoms with Crippen molar-refractivity contribution >= 4 is 35.2 Å². The van der Waals surface area contributed by atoms with E-state index < -0.39 is 30.3 Å². The van der Waals surface area contributed by atoms with Gasteiger partial charge >= 0.3 is 5.97 Å². The first kappa shape index (κ1) is 17.0. The van der Waals surface area contributed by atoms with E-state index in [0.29, 0.717) is 5.82 Å². The zero-order valence-corrected chi connectivity index (χ0v) is 13.4. The van der Waals surface area contributed by atoms with E-state index in [1.807, 2.05) is 0 Å². The second-order valence-electron chi connectivity index (χ2n) is 5.23. The van der Waals surface area contributed by atoms with E-state index in [9.17, 15) is 19.2 Å². The second-order valence-corrected chi connectivity index (χ2v) is 5.23. The van der Waals surface area contributed by atoms with Gasteiger partial charge in [0.2, 0.25) is 0 Å². The summed E-state index contributed by atoms with van der Waals surface area (Å²) >= 11 is 0. The van der Waals surface area contributed by atoms with Crippen LogP contribution in [0.15, 0.2) is 60.8 Å². The number of ether oxygens (including phenoxy) is 1. The van der Waals surface area contributed by atoms with Crippen LogP contribution in [0, 0.1) is 0 Å². The van der Waals surface area contributed by atoms with Gasteiger partial charge in [-0.1, -0.05) is 12.1 Å². The van der Waals surface area contributed by atoms with Crippen LogP contribution in [0.5, 0.6) is 0 Å². The summed E-state index contributed by atoms with van der Waals surface area (Å²) in [5.74, 6) is -1.93. The molecule has 1 aliphatic rings. The number of hydrogen-bond acceptors (Lipinski definition) is 6. The molecule has 2 aromatic rings. The highest BCUT2D eigenvalue weighted by Crippen LogP contribution is 2.20. The molecule has 0 atom stereocenters. The predicted octanol–water partition coefficient (Wildman–Crippen LogP) is 1.31. The summed E-state index contributed by atoms with van der Waals surface area (Å²) in [4.78, 5) is 52.1. The number of aromatic nitrogens is 1. The summed E-state index contributed by atoms with van der Waals surface area (Å²) in [7, 11) is 0. The third-order valence-electron chi connectivity index (χ3n) is 3.42. The first-order valence-electron chi connectivity index (χ1n) is 7.59. The van der Waals surface area contributed by atoms with Crippen molar-refractivity contribution in [1.82, 2.24) is 4.98 Å². The average Bonchev–Trinajstić information content (AvgIpc) is 2.99. The van der Waals surface area contributed by atoms with Crippen molar-refractivity contribution in [2.45, 2.75) is 0 Å². The van der Waals surface area contributed by atoms with Gasteiger partial charge in [-0.15, -0.1) is 0 Å². The molecular formula is C18H13N3O5. The highest BCUT2D eigenvalue weighted by molar-refractivity contribution is 6.28. The van der Waals surface area contributed by atoms with Crippen molar-refractivity contribution in [3.05, 3.63) is 66.4 Å². The Hall–Kier alpha value is -3.81. The number of hydrogen-bond donors (Lipinski definition) is 1. The van der Waals surface area contributed by atoms with Crippen LogP contribution in [0.25, 0.3) is 0 Å². The smallest absolute Gasteiger partial charge is 0.338 e. The number of imide groups is 1. The molecule has 0 unspecified atom stereocenters. The molecule has 8 heteroatoms. The van der Waals surface area contributed by atoms with Crippen LogP contribution in [-0.4, -0.2) is 35.3 Å². The molecule has 0 spiro atoms. The first-order chi connectivity index (χ1) is 12.5. The zero-order valence-electron chi connectivity index (χ0n) is 13.4. The van der Waals surface area contributed by atoms with Gasteiger partial charge in [-0.2, -0.15) is 0 Å². The average molecular weight is 351 g/mol. The fourth-order valence-electron chi connectivity index (χ4n) is 2.26. The van der Waals surface area contributed by atoms with Crippen molar-refractivity contribution in [2.75, 3.05) is 16.8 Å². The van der Waals surface area contributed by atoms with E-state index in [2.05, 4.69) is 10.3 Å². The SMILES string of the molecule is O=C(COC(=O)c1cccc(N2C(=O)C=CC2=O)c1)Nc1ccccn1. The molecule has 0 aliphatic carbocycles. The zero-order chi connectivity index (χ0) is 18.5.